The number of carbonyl (C=O) groups is 12. The quantitative estimate of drug-likeness (QED) is 0.126. The summed E-state index contributed by atoms with van der Waals surface area (Å²) in [4.78, 5) is 192. The number of alkyl halides is 4. The van der Waals surface area contributed by atoms with Crippen LogP contribution < -0.4 is 16.0 Å². The van der Waals surface area contributed by atoms with Crippen LogP contribution in [-0.2, 0) is 62.3 Å². The fourth-order valence-corrected chi connectivity index (χ4v) is 17.2. The first-order valence-corrected chi connectivity index (χ1v) is 38.4. The number of ether oxygens (including phenoxy) is 1. The normalized spacial score (nSPS) is 31.7. The largest absolute Gasteiger partial charge is 0.393 e. The number of rotatable bonds is 14. The van der Waals surface area contributed by atoms with Crippen molar-refractivity contribution in [2.75, 3.05) is 89.2 Å². The van der Waals surface area contributed by atoms with Crippen LogP contribution in [0.3, 0.4) is 0 Å². The lowest BCUT2D eigenvalue weighted by atomic mass is 9.58. The van der Waals surface area contributed by atoms with E-state index in [4.69, 9.17) is 16.3 Å². The number of halogens is 4. The average Bonchev–Trinajstić information content (AvgIpc) is 0.925. The smallest absolute Gasteiger partial charge is 0.377 e. The molecule has 1 spiro atoms. The Morgan fingerprint density at radius 1 is 0.673 bits per heavy atom. The molecule has 2 saturated heterocycles. The Morgan fingerprint density at radius 3 is 1.88 bits per heavy atom. The zero-order valence-electron chi connectivity index (χ0n) is 64.9. The molecule has 6 aliphatic rings. The third-order valence-electron chi connectivity index (χ3n) is 23.3. The number of amides is 12. The third kappa shape index (κ3) is 21.2. The van der Waals surface area contributed by atoms with Crippen molar-refractivity contribution in [2.45, 2.75) is 262 Å². The van der Waals surface area contributed by atoms with E-state index in [2.05, 4.69) is 22.9 Å². The first-order chi connectivity index (χ1) is 48.7. The van der Waals surface area contributed by atoms with E-state index in [1.54, 1.807) is 26.8 Å². The molecule has 12 amide bonds. The summed E-state index contributed by atoms with van der Waals surface area (Å²) in [6.45, 7) is 15.7. The van der Waals surface area contributed by atoms with Crippen molar-refractivity contribution < 1.29 is 75.4 Å². The highest BCUT2D eigenvalue weighted by atomic mass is 35.5. The predicted molar refractivity (Wildman–Crippen MR) is 387 cm³/mol. The van der Waals surface area contributed by atoms with Gasteiger partial charge < -0.3 is 64.8 Å². The number of likely N-dealkylation sites (N-methyl/N-ethyl adjacent to an activating group) is 7. The minimum absolute atomic E-state index is 0.00726. The average molecular weight is 1490 g/mol. The molecule has 14 atom stereocenters. The van der Waals surface area contributed by atoms with Gasteiger partial charge in [0.15, 0.2) is 0 Å². The molecule has 104 heavy (non-hydrogen) atoms. The molecule has 6 rings (SSSR count). The van der Waals surface area contributed by atoms with Gasteiger partial charge >= 0.3 is 6.18 Å². The van der Waals surface area contributed by atoms with Gasteiger partial charge in [0.05, 0.1) is 31.5 Å². The minimum atomic E-state index is -4.53. The second-order valence-electron chi connectivity index (χ2n) is 32.1. The third-order valence-corrected chi connectivity index (χ3v) is 23.8. The second kappa shape index (κ2) is 37.3. The zero-order valence-corrected chi connectivity index (χ0v) is 65.7. The Hall–Kier alpha value is -6.58. The Bertz CT molecular complexity index is 3090. The number of fused-ring (bicyclic) bond motifs is 3. The maximum absolute atomic E-state index is 15.7. The van der Waals surface area contributed by atoms with Crippen molar-refractivity contribution in [3.63, 3.8) is 0 Å². The molecule has 588 valence electrons. The van der Waals surface area contributed by atoms with E-state index in [-0.39, 0.29) is 96.2 Å². The maximum Gasteiger partial charge on any atom is 0.393 e. The van der Waals surface area contributed by atoms with Crippen molar-refractivity contribution in [1.82, 2.24) is 60.0 Å². The summed E-state index contributed by atoms with van der Waals surface area (Å²) in [5, 5.41) is 7.55. The SMILES string of the molecule is CCC[C@H]1C(=O)N[C@@H]([C@H](C)CC)C(=O)N(C)CC(=O)N(C)[C@H]2C/C=C\CCN(C2=O)[C@@H](CC2CCC(C)CC2)C(=O)N(C)CC(=O)N[C@@H](CCC2CCC(C(F)(F)F)C(Cl)C2)C(=O)N2C[C@H](OCC)C[C@H]2C(=O)NC2(CC(C)(C)C2)C(=O)N(C)[C@@H]([C@@H](C)CC)C(=O)N(C)[C@H](C(=O)N(C)C)CC(=O)N1C. The lowest BCUT2D eigenvalue weighted by Gasteiger charge is -2.54. The first-order valence-electron chi connectivity index (χ1n) is 37.9. The molecule has 2 bridgehead atoms. The van der Waals surface area contributed by atoms with Gasteiger partial charge in [-0.15, -0.1) is 11.6 Å². The van der Waals surface area contributed by atoms with Crippen LogP contribution in [0.1, 0.15) is 191 Å². The standard InChI is InChI=1S/C75H122ClF3N12O13/c1-18-25-54-64(95)81-62(46(6)19-2)70(101)85(13)42-61(94)87(15)55-26-23-22-24-35-90(69(55)100)58(37-49-29-27-45(5)28-30-49)68(99)84(12)41-59(92)80-53(34-32-48-31-33-51(52(76)36-48)75(77,78)79)66(97)91-40-50(104-21-4)38-56(91)65(96)82-74(43-73(8,9)44-74)72(103)89(17)63(47(7)20-3)71(102)88(16)57(67(98)83(10)11)39-60(93)86(54)14/h22-23,45-58,62-63H,18-21,24-44H2,1-17H3,(H,80,92)(H,81,95)(H,82,96)/b23-22-/t45?,46-,47+,48?,49?,50-,51?,52?,53+,54+,55+,56+,57+,58+,62+,63+/m1/s1. The Balaban J connectivity index is 1.48. The molecule has 3 aliphatic carbocycles. The predicted octanol–water partition coefficient (Wildman–Crippen LogP) is 6.38. The van der Waals surface area contributed by atoms with Crippen LogP contribution in [0.15, 0.2) is 12.2 Å². The summed E-state index contributed by atoms with van der Waals surface area (Å²) >= 11 is 6.46. The number of nitrogens with one attached hydrogen (secondary N) is 3. The zero-order chi connectivity index (χ0) is 77.8. The van der Waals surface area contributed by atoms with E-state index in [0.717, 1.165) is 30.6 Å². The van der Waals surface area contributed by atoms with Crippen LogP contribution in [0.25, 0.3) is 0 Å². The molecule has 3 aliphatic heterocycles. The summed E-state index contributed by atoms with van der Waals surface area (Å²) < 4.78 is 48.5. The highest BCUT2D eigenvalue weighted by Crippen LogP contribution is 2.50. The van der Waals surface area contributed by atoms with E-state index in [9.17, 15) is 41.9 Å². The van der Waals surface area contributed by atoms with E-state index in [1.165, 1.54) is 95.6 Å². The summed E-state index contributed by atoms with van der Waals surface area (Å²) in [6.07, 6.45) is 2.94. The minimum Gasteiger partial charge on any atom is -0.377 e. The molecule has 3 unspecified atom stereocenters. The monoisotopic (exact) mass is 1490 g/mol. The maximum atomic E-state index is 15.7. The van der Waals surface area contributed by atoms with Gasteiger partial charge in [-0.05, 0) is 113 Å². The van der Waals surface area contributed by atoms with Gasteiger partial charge in [0.1, 0.15) is 53.9 Å². The molecule has 0 aromatic heterocycles. The van der Waals surface area contributed by atoms with Gasteiger partial charge in [0, 0.05) is 87.9 Å². The highest BCUT2D eigenvalue weighted by molar-refractivity contribution is 6.21. The molecular formula is C75H122ClF3N12O13. The Morgan fingerprint density at radius 2 is 1.30 bits per heavy atom. The van der Waals surface area contributed by atoms with Crippen LogP contribution in [0.5, 0.6) is 0 Å². The lowest BCUT2D eigenvalue weighted by Crippen LogP contribution is -2.71. The van der Waals surface area contributed by atoms with Gasteiger partial charge in [0.2, 0.25) is 70.9 Å². The number of carbonyl (C=O) groups excluding carboxylic acids is 12. The summed E-state index contributed by atoms with van der Waals surface area (Å²) in [6, 6.07) is -10.2. The molecule has 3 heterocycles. The summed E-state index contributed by atoms with van der Waals surface area (Å²) in [5.41, 5.74) is -2.20. The lowest BCUT2D eigenvalue weighted by molar-refractivity contribution is -0.182. The number of nitrogens with zero attached hydrogens (tertiary/aromatic N) is 9. The first kappa shape index (κ1) is 86.3. The molecule has 3 N–H and O–H groups in total. The van der Waals surface area contributed by atoms with Gasteiger partial charge in [-0.3, -0.25) is 57.5 Å². The van der Waals surface area contributed by atoms with E-state index < -0.39 is 191 Å². The number of hydrogen-bond acceptors (Lipinski definition) is 13. The van der Waals surface area contributed by atoms with Crippen molar-refractivity contribution in [3.8, 4) is 0 Å². The Labute approximate surface area is 619 Å². The van der Waals surface area contributed by atoms with Gasteiger partial charge in [-0.25, -0.2) is 0 Å². The fourth-order valence-electron chi connectivity index (χ4n) is 16.7. The van der Waals surface area contributed by atoms with E-state index in [1.807, 2.05) is 40.7 Å². The summed E-state index contributed by atoms with van der Waals surface area (Å²) in [7, 11) is 11.4. The van der Waals surface area contributed by atoms with E-state index >= 15 is 28.8 Å². The van der Waals surface area contributed by atoms with Crippen LogP contribution in [0.4, 0.5) is 13.2 Å². The molecule has 0 aromatic carbocycles. The Kier molecular flexibility index (Phi) is 31.0. The second-order valence-corrected chi connectivity index (χ2v) is 32.7. The van der Waals surface area contributed by atoms with Crippen molar-refractivity contribution in [1.29, 1.82) is 0 Å². The van der Waals surface area contributed by atoms with Crippen LogP contribution in [-0.4, -0.2) is 276 Å². The topological polar surface area (TPSA) is 279 Å². The van der Waals surface area contributed by atoms with Crippen LogP contribution >= 0.6 is 11.6 Å². The molecular weight excluding hydrogens is 1370 g/mol. The van der Waals surface area contributed by atoms with Crippen molar-refractivity contribution in [2.24, 2.45) is 40.9 Å². The molecule has 25 nitrogen and oxygen atoms in total. The van der Waals surface area contributed by atoms with Gasteiger partial charge in [-0.1, -0.05) is 112 Å². The highest BCUT2D eigenvalue weighted by Gasteiger charge is 2.59. The number of hydrogen-bond donors (Lipinski definition) is 3. The van der Waals surface area contributed by atoms with Gasteiger partial charge in [0.25, 0.3) is 0 Å². The fraction of sp³-hybridized carbons (Fsp3) is 0.813. The summed E-state index contributed by atoms with van der Waals surface area (Å²) in [5.74, 6) is -10.8. The molecule has 0 radical (unpaired) electrons. The van der Waals surface area contributed by atoms with Crippen LogP contribution in [0.2, 0.25) is 0 Å². The van der Waals surface area contributed by atoms with Crippen molar-refractivity contribution >= 4 is 82.5 Å². The van der Waals surface area contributed by atoms with E-state index in [0.29, 0.717) is 31.6 Å². The van der Waals surface area contributed by atoms with Gasteiger partial charge in [-0.2, -0.15) is 13.2 Å². The molecule has 3 saturated carbocycles. The molecule has 5 fully saturated rings. The molecule has 29 heteroatoms. The van der Waals surface area contributed by atoms with Crippen LogP contribution in [0, 0.1) is 40.9 Å². The van der Waals surface area contributed by atoms with Crippen molar-refractivity contribution in [3.05, 3.63) is 12.2 Å². The molecule has 0 aromatic rings.